The quantitative estimate of drug-likeness (QED) is 0.378. The molecular weight excluding hydrogens is 482 g/mol. The molecule has 0 radical (unpaired) electrons. The van der Waals surface area contributed by atoms with Crippen LogP contribution >= 0.6 is 23.4 Å². The molecule has 7 rings (SSSR count). The zero-order valence-corrected chi connectivity index (χ0v) is 20.3. The van der Waals surface area contributed by atoms with Crippen LogP contribution in [0.3, 0.4) is 0 Å². The fraction of sp³-hybridized carbons (Fsp3) is 0.292. The Labute approximate surface area is 210 Å². The lowest BCUT2D eigenvalue weighted by Crippen LogP contribution is -2.44. The van der Waals surface area contributed by atoms with Crippen LogP contribution in [0.5, 0.6) is 0 Å². The molecule has 35 heavy (non-hydrogen) atoms. The molecular formula is C24H22ClN9S. The number of halogens is 1. The normalized spacial score (nSPS) is 19.3. The second-order valence-corrected chi connectivity index (χ2v) is 10.8. The highest BCUT2D eigenvalue weighted by Crippen LogP contribution is 2.50. The molecule has 1 fully saturated rings. The van der Waals surface area contributed by atoms with Gasteiger partial charge in [-0.15, -0.1) is 0 Å². The monoisotopic (exact) mass is 503 g/mol. The number of nitrogens with zero attached hydrogens (tertiary/aromatic N) is 7. The Morgan fingerprint density at radius 2 is 1.83 bits per heavy atom. The number of pyridine rings is 2. The second-order valence-electron chi connectivity index (χ2n) is 9.30. The van der Waals surface area contributed by atoms with Crippen molar-refractivity contribution in [2.45, 2.75) is 35.1 Å². The second kappa shape index (κ2) is 7.64. The zero-order chi connectivity index (χ0) is 23.7. The summed E-state index contributed by atoms with van der Waals surface area (Å²) in [5.74, 6) is 1.29. The molecule has 5 aromatic rings. The first-order valence-corrected chi connectivity index (χ1v) is 12.7. The van der Waals surface area contributed by atoms with Crippen LogP contribution in [0, 0.1) is 5.41 Å². The van der Waals surface area contributed by atoms with Crippen molar-refractivity contribution in [1.82, 2.24) is 29.3 Å². The summed E-state index contributed by atoms with van der Waals surface area (Å²) in [6.07, 6.45) is 9.93. The van der Waals surface area contributed by atoms with Crippen LogP contribution in [-0.4, -0.2) is 42.4 Å². The number of nitrogens with two attached hydrogens (primary N) is 2. The number of fused-ring (bicyclic) bond motifs is 1. The Hall–Kier alpha value is -3.21. The predicted molar refractivity (Wildman–Crippen MR) is 136 cm³/mol. The van der Waals surface area contributed by atoms with Gasteiger partial charge >= 0.3 is 0 Å². The van der Waals surface area contributed by atoms with Crippen LogP contribution in [0.4, 0.5) is 11.6 Å². The van der Waals surface area contributed by atoms with Gasteiger partial charge in [-0.2, -0.15) is 0 Å². The number of hydrogen-bond donors (Lipinski definition) is 2. The average Bonchev–Trinajstić information content (AvgIpc) is 3.55. The Bertz CT molecular complexity index is 1580. The first-order valence-electron chi connectivity index (χ1n) is 11.5. The number of imidazole rings is 2. The van der Waals surface area contributed by atoms with E-state index in [4.69, 9.17) is 33.0 Å². The number of rotatable bonds is 3. The molecule has 6 heterocycles. The Balaban J connectivity index is 1.18. The SMILES string of the molecule is Nc1nccc(Sc2ccc3nc(N4CCC5(CC4)Cc4nccnc4[C@H]5N)c4cnc2n34)c1Cl. The van der Waals surface area contributed by atoms with Crippen LogP contribution in [0.15, 0.2) is 52.8 Å². The molecule has 176 valence electrons. The Morgan fingerprint density at radius 1 is 1.00 bits per heavy atom. The lowest BCUT2D eigenvalue weighted by molar-refractivity contribution is 0.185. The maximum Gasteiger partial charge on any atom is 0.157 e. The third-order valence-electron chi connectivity index (χ3n) is 7.48. The van der Waals surface area contributed by atoms with Crippen molar-refractivity contribution in [3.8, 4) is 0 Å². The molecule has 0 bridgehead atoms. The molecule has 0 saturated carbocycles. The van der Waals surface area contributed by atoms with Crippen molar-refractivity contribution >= 4 is 51.8 Å². The summed E-state index contributed by atoms with van der Waals surface area (Å²) in [6, 6.07) is 5.86. The van der Waals surface area contributed by atoms with Gasteiger partial charge in [0.15, 0.2) is 11.5 Å². The number of piperidine rings is 1. The average molecular weight is 504 g/mol. The van der Waals surface area contributed by atoms with Gasteiger partial charge in [-0.1, -0.05) is 23.4 Å². The molecule has 1 aliphatic heterocycles. The van der Waals surface area contributed by atoms with Gasteiger partial charge in [-0.05, 0) is 37.5 Å². The molecule has 1 atom stereocenters. The van der Waals surface area contributed by atoms with Gasteiger partial charge < -0.3 is 16.4 Å². The number of aromatic nitrogens is 6. The maximum absolute atomic E-state index is 6.68. The maximum atomic E-state index is 6.68. The van der Waals surface area contributed by atoms with Crippen molar-refractivity contribution in [2.75, 3.05) is 23.7 Å². The van der Waals surface area contributed by atoms with E-state index in [0.29, 0.717) is 10.8 Å². The number of anilines is 2. The first-order chi connectivity index (χ1) is 17.0. The van der Waals surface area contributed by atoms with Crippen LogP contribution in [0.1, 0.15) is 30.3 Å². The third kappa shape index (κ3) is 3.10. The van der Waals surface area contributed by atoms with Crippen molar-refractivity contribution in [1.29, 1.82) is 0 Å². The van der Waals surface area contributed by atoms with Crippen LogP contribution < -0.4 is 16.4 Å². The van der Waals surface area contributed by atoms with Gasteiger partial charge in [-0.25, -0.2) is 15.0 Å². The molecule has 0 amide bonds. The molecule has 9 nitrogen and oxygen atoms in total. The van der Waals surface area contributed by atoms with Crippen LogP contribution in [-0.2, 0) is 6.42 Å². The summed E-state index contributed by atoms with van der Waals surface area (Å²) < 4.78 is 2.12. The van der Waals surface area contributed by atoms with E-state index < -0.39 is 0 Å². The van der Waals surface area contributed by atoms with Crippen molar-refractivity contribution in [3.05, 3.63) is 59.4 Å². The van der Waals surface area contributed by atoms with Crippen molar-refractivity contribution < 1.29 is 0 Å². The Kier molecular flexibility index (Phi) is 4.61. The van der Waals surface area contributed by atoms with E-state index in [9.17, 15) is 0 Å². The van der Waals surface area contributed by atoms with Gasteiger partial charge in [0.2, 0.25) is 0 Å². The lowest BCUT2D eigenvalue weighted by Gasteiger charge is -2.41. The molecule has 1 aliphatic carbocycles. The predicted octanol–water partition coefficient (Wildman–Crippen LogP) is 3.73. The van der Waals surface area contributed by atoms with Crippen LogP contribution in [0.2, 0.25) is 5.02 Å². The van der Waals surface area contributed by atoms with Crippen molar-refractivity contribution in [2.24, 2.45) is 11.1 Å². The molecule has 4 N–H and O–H groups in total. The van der Waals surface area contributed by atoms with Gasteiger partial charge in [0.25, 0.3) is 0 Å². The van der Waals surface area contributed by atoms with Gasteiger partial charge in [0.1, 0.15) is 17.0 Å². The summed E-state index contributed by atoms with van der Waals surface area (Å²) >= 11 is 7.90. The topological polar surface area (TPSA) is 124 Å². The minimum atomic E-state index is -0.0635. The lowest BCUT2D eigenvalue weighted by atomic mass is 9.73. The molecule has 5 aromatic heterocycles. The summed E-state index contributed by atoms with van der Waals surface area (Å²) in [4.78, 5) is 27.0. The minimum absolute atomic E-state index is 0.0222. The minimum Gasteiger partial charge on any atom is -0.382 e. The standard InChI is InChI=1S/C24H22ClN9S/c25-18-15(3-6-30-21(18)27)35-16-1-2-17-32-22(14-12-31-23(16)34(14)17)33-9-4-24(5-10-33)11-13-19(20(24)26)29-8-7-28-13/h1-3,6-8,12,20H,4-5,9-11,26H2,(H2,27,30)/t20-/m1/s1. The molecule has 0 aromatic carbocycles. The fourth-order valence-corrected chi connectivity index (χ4v) is 6.74. The first kappa shape index (κ1) is 21.1. The van der Waals surface area contributed by atoms with E-state index in [0.717, 1.165) is 76.2 Å². The molecule has 1 saturated heterocycles. The molecule has 1 spiro atoms. The van der Waals surface area contributed by atoms with E-state index in [1.54, 1.807) is 18.6 Å². The highest BCUT2D eigenvalue weighted by Gasteiger charge is 2.47. The van der Waals surface area contributed by atoms with Gasteiger partial charge in [-0.3, -0.25) is 14.4 Å². The summed E-state index contributed by atoms with van der Waals surface area (Å²) in [6.45, 7) is 1.77. The van der Waals surface area contributed by atoms with E-state index >= 15 is 0 Å². The van der Waals surface area contributed by atoms with Crippen LogP contribution in [0.25, 0.3) is 16.8 Å². The smallest absolute Gasteiger partial charge is 0.157 e. The highest BCUT2D eigenvalue weighted by atomic mass is 35.5. The molecule has 0 unspecified atom stereocenters. The largest absolute Gasteiger partial charge is 0.382 e. The van der Waals surface area contributed by atoms with E-state index in [-0.39, 0.29) is 11.5 Å². The fourth-order valence-electron chi connectivity index (χ4n) is 5.58. The van der Waals surface area contributed by atoms with Gasteiger partial charge in [0.05, 0.1) is 33.5 Å². The third-order valence-corrected chi connectivity index (χ3v) is 9.09. The number of hydrogen-bond acceptors (Lipinski definition) is 9. The molecule has 2 aliphatic rings. The van der Waals surface area contributed by atoms with E-state index in [1.165, 1.54) is 11.8 Å². The summed E-state index contributed by atoms with van der Waals surface area (Å²) in [7, 11) is 0. The van der Waals surface area contributed by atoms with Crippen molar-refractivity contribution in [3.63, 3.8) is 0 Å². The Morgan fingerprint density at radius 3 is 2.66 bits per heavy atom. The molecule has 11 heteroatoms. The van der Waals surface area contributed by atoms with Gasteiger partial charge in [0, 0.05) is 42.0 Å². The summed E-state index contributed by atoms with van der Waals surface area (Å²) in [5.41, 5.74) is 17.3. The zero-order valence-electron chi connectivity index (χ0n) is 18.7. The number of nitrogen functional groups attached to an aromatic ring is 1. The summed E-state index contributed by atoms with van der Waals surface area (Å²) in [5, 5.41) is 0.457. The highest BCUT2D eigenvalue weighted by molar-refractivity contribution is 7.99. The van der Waals surface area contributed by atoms with E-state index in [1.807, 2.05) is 24.4 Å². The van der Waals surface area contributed by atoms with E-state index in [2.05, 4.69) is 24.3 Å².